The maximum atomic E-state index is 16.3. The number of likely N-dealkylation sites (N-methyl/N-ethyl adjacent to an activating group) is 1. The number of pyridine rings is 2. The lowest BCUT2D eigenvalue weighted by atomic mass is 10.1. The Morgan fingerprint density at radius 1 is 1.11 bits per heavy atom. The van der Waals surface area contributed by atoms with Gasteiger partial charge in [0.25, 0.3) is 0 Å². The highest BCUT2D eigenvalue weighted by Crippen LogP contribution is 2.35. The average Bonchev–Trinajstić information content (AvgIpc) is 3.50. The lowest BCUT2D eigenvalue weighted by molar-refractivity contribution is 0.188. The Labute approximate surface area is 219 Å². The third-order valence-electron chi connectivity index (χ3n) is 8.24. The Hall–Kier alpha value is -3.63. The molecule has 3 fully saturated rings. The van der Waals surface area contributed by atoms with Crippen molar-refractivity contribution in [2.24, 2.45) is 0 Å². The van der Waals surface area contributed by atoms with Crippen LogP contribution in [0.4, 0.5) is 10.2 Å². The Morgan fingerprint density at radius 2 is 1.92 bits per heavy atom. The van der Waals surface area contributed by atoms with E-state index in [1.807, 2.05) is 24.3 Å². The fourth-order valence-electron chi connectivity index (χ4n) is 6.24. The minimum Gasteiger partial charge on any atom is -0.462 e. The first-order valence-electron chi connectivity index (χ1n) is 13.4. The molecule has 9 nitrogen and oxygen atoms in total. The van der Waals surface area contributed by atoms with Crippen molar-refractivity contribution < 1.29 is 9.13 Å². The summed E-state index contributed by atoms with van der Waals surface area (Å²) in [6.45, 7) is 3.06. The molecule has 38 heavy (non-hydrogen) atoms. The van der Waals surface area contributed by atoms with Gasteiger partial charge in [0.15, 0.2) is 5.82 Å². The first-order valence-corrected chi connectivity index (χ1v) is 13.4. The number of benzene rings is 1. The van der Waals surface area contributed by atoms with E-state index in [1.54, 1.807) is 6.20 Å². The number of rotatable bonds is 5. The molecule has 1 aromatic carbocycles. The maximum Gasteiger partial charge on any atom is 0.319 e. The number of halogens is 1. The van der Waals surface area contributed by atoms with Crippen molar-refractivity contribution in [1.29, 1.82) is 0 Å². The number of aromatic amines is 1. The van der Waals surface area contributed by atoms with Gasteiger partial charge in [0.1, 0.15) is 23.6 Å². The molecule has 7 rings (SSSR count). The number of likely N-dealkylation sites (tertiary alicyclic amines) is 1. The van der Waals surface area contributed by atoms with Gasteiger partial charge in [0.05, 0.1) is 11.1 Å². The number of nitrogens with one attached hydrogen (secondary N) is 2. The number of H-pyrrole nitrogens is 1. The predicted octanol–water partition coefficient (Wildman–Crippen LogP) is 3.09. The smallest absolute Gasteiger partial charge is 0.319 e. The van der Waals surface area contributed by atoms with E-state index in [1.165, 1.54) is 6.07 Å². The number of ether oxygens (including phenoxy) is 1. The van der Waals surface area contributed by atoms with Gasteiger partial charge < -0.3 is 24.8 Å². The lowest BCUT2D eigenvalue weighted by Crippen LogP contribution is -2.51. The largest absolute Gasteiger partial charge is 0.462 e. The molecule has 0 radical (unpaired) electrons. The van der Waals surface area contributed by atoms with E-state index >= 15 is 4.39 Å². The van der Waals surface area contributed by atoms with Crippen LogP contribution in [-0.2, 0) is 0 Å². The molecule has 3 saturated heterocycles. The fourth-order valence-corrected chi connectivity index (χ4v) is 6.24. The first kappa shape index (κ1) is 23.5. The van der Waals surface area contributed by atoms with Crippen LogP contribution in [0.5, 0.6) is 6.01 Å². The molecule has 3 aliphatic heterocycles. The van der Waals surface area contributed by atoms with E-state index in [0.29, 0.717) is 41.0 Å². The van der Waals surface area contributed by atoms with E-state index < -0.39 is 5.82 Å². The molecular weight excluding hydrogens is 485 g/mol. The van der Waals surface area contributed by atoms with Crippen molar-refractivity contribution in [3.63, 3.8) is 0 Å². The van der Waals surface area contributed by atoms with E-state index in [-0.39, 0.29) is 28.8 Å². The average molecular weight is 516 g/mol. The molecular formula is C28H30FN7O2. The van der Waals surface area contributed by atoms with Crippen LogP contribution in [-0.4, -0.2) is 76.3 Å². The SMILES string of the molecule is CN1CCC[C@H]1COc1nc(N2CC3CCC(C2)N3)c2cnc(-c3[nH]c(=O)cc4ccccc34)c(F)c2n1. The quantitative estimate of drug-likeness (QED) is 0.419. The highest BCUT2D eigenvalue weighted by atomic mass is 19.1. The second kappa shape index (κ2) is 9.28. The molecule has 0 spiro atoms. The molecule has 0 amide bonds. The third kappa shape index (κ3) is 4.08. The van der Waals surface area contributed by atoms with E-state index in [9.17, 15) is 4.79 Å². The third-order valence-corrected chi connectivity index (χ3v) is 8.24. The number of piperazine rings is 1. The molecule has 2 N–H and O–H groups in total. The summed E-state index contributed by atoms with van der Waals surface area (Å²) in [5, 5.41) is 5.61. The van der Waals surface area contributed by atoms with Crippen LogP contribution in [0.15, 0.2) is 41.3 Å². The minimum absolute atomic E-state index is 0.0536. The summed E-state index contributed by atoms with van der Waals surface area (Å²) in [7, 11) is 2.09. The molecule has 2 bridgehead atoms. The number of hydrogen-bond donors (Lipinski definition) is 2. The van der Waals surface area contributed by atoms with Crippen LogP contribution in [0.3, 0.4) is 0 Å². The van der Waals surface area contributed by atoms with Crippen LogP contribution < -0.4 is 20.5 Å². The Bertz CT molecular complexity index is 1580. The zero-order valence-electron chi connectivity index (χ0n) is 21.3. The van der Waals surface area contributed by atoms with Gasteiger partial charge in [-0.25, -0.2) is 4.39 Å². The zero-order chi connectivity index (χ0) is 25.8. The second-order valence-corrected chi connectivity index (χ2v) is 10.7. The first-order chi connectivity index (χ1) is 18.5. The van der Waals surface area contributed by atoms with Gasteiger partial charge in [-0.15, -0.1) is 0 Å². The van der Waals surface area contributed by atoms with Crippen molar-refractivity contribution >= 4 is 27.5 Å². The van der Waals surface area contributed by atoms with Gasteiger partial charge in [-0.3, -0.25) is 9.78 Å². The summed E-state index contributed by atoms with van der Waals surface area (Å²) in [6.07, 6.45) is 6.04. The van der Waals surface area contributed by atoms with Crippen molar-refractivity contribution in [2.45, 2.75) is 43.8 Å². The summed E-state index contributed by atoms with van der Waals surface area (Å²) in [5.74, 6) is 0.0478. The number of anilines is 1. The van der Waals surface area contributed by atoms with Gasteiger partial charge in [-0.05, 0) is 44.7 Å². The summed E-state index contributed by atoms with van der Waals surface area (Å²) in [4.78, 5) is 33.5. The zero-order valence-corrected chi connectivity index (χ0v) is 21.3. The molecule has 4 aromatic rings. The predicted molar refractivity (Wildman–Crippen MR) is 144 cm³/mol. The van der Waals surface area contributed by atoms with E-state index in [4.69, 9.17) is 9.72 Å². The van der Waals surface area contributed by atoms with Crippen LogP contribution in [0, 0.1) is 5.82 Å². The number of aromatic nitrogens is 4. The molecule has 6 heterocycles. The summed E-state index contributed by atoms with van der Waals surface area (Å²) >= 11 is 0. The summed E-state index contributed by atoms with van der Waals surface area (Å²) in [6, 6.07) is 10.1. The summed E-state index contributed by atoms with van der Waals surface area (Å²) in [5.41, 5.74) is 0.222. The summed E-state index contributed by atoms with van der Waals surface area (Å²) < 4.78 is 22.4. The standard InChI is InChI=1S/C28H30FN7O2/c1-35-10-4-6-19(35)15-38-28-33-24-21(27(34-28)36-13-17-8-9-18(14-36)31-17)12-30-26(23(24)29)25-20-7-3-2-5-16(20)11-22(37)32-25/h2-3,5,7,11-12,17-19,31H,4,6,8-10,13-15H2,1H3,(H,32,37)/t17?,18?,19-/m0/s1. The number of fused-ring (bicyclic) bond motifs is 4. The van der Waals surface area contributed by atoms with Crippen LogP contribution in [0.1, 0.15) is 25.7 Å². The second-order valence-electron chi connectivity index (χ2n) is 10.7. The Morgan fingerprint density at radius 3 is 2.71 bits per heavy atom. The van der Waals surface area contributed by atoms with Crippen molar-refractivity contribution in [3.8, 4) is 17.4 Å². The minimum atomic E-state index is -0.598. The molecule has 0 aliphatic carbocycles. The van der Waals surface area contributed by atoms with Gasteiger partial charge >= 0.3 is 6.01 Å². The maximum absolute atomic E-state index is 16.3. The van der Waals surface area contributed by atoms with Crippen molar-refractivity contribution in [1.82, 2.24) is 30.2 Å². The lowest BCUT2D eigenvalue weighted by Gasteiger charge is -2.34. The van der Waals surface area contributed by atoms with Crippen molar-refractivity contribution in [2.75, 3.05) is 38.2 Å². The van der Waals surface area contributed by atoms with Crippen LogP contribution >= 0.6 is 0 Å². The topological polar surface area (TPSA) is 99.3 Å². The van der Waals surface area contributed by atoms with E-state index in [2.05, 4.69) is 37.1 Å². The molecule has 0 saturated carbocycles. The fraction of sp³-hybridized carbons (Fsp3) is 0.429. The van der Waals surface area contributed by atoms with Gasteiger partial charge in [-0.2, -0.15) is 9.97 Å². The highest BCUT2D eigenvalue weighted by Gasteiger charge is 2.34. The molecule has 3 aromatic heterocycles. The molecule has 2 unspecified atom stereocenters. The molecule has 3 aliphatic rings. The molecule has 3 atom stereocenters. The van der Waals surface area contributed by atoms with Crippen LogP contribution in [0.2, 0.25) is 0 Å². The molecule has 196 valence electrons. The number of nitrogens with zero attached hydrogens (tertiary/aromatic N) is 5. The Balaban J connectivity index is 1.36. The van der Waals surface area contributed by atoms with Gasteiger partial charge in [0, 0.05) is 48.9 Å². The highest BCUT2D eigenvalue weighted by molar-refractivity contribution is 5.97. The Kier molecular flexibility index (Phi) is 5.74. The van der Waals surface area contributed by atoms with Gasteiger partial charge in [-0.1, -0.05) is 24.3 Å². The normalized spacial score (nSPS) is 23.5. The molecule has 10 heteroatoms. The number of hydrogen-bond acceptors (Lipinski definition) is 8. The van der Waals surface area contributed by atoms with Crippen LogP contribution in [0.25, 0.3) is 33.1 Å². The van der Waals surface area contributed by atoms with Crippen molar-refractivity contribution in [3.05, 3.63) is 52.7 Å². The van der Waals surface area contributed by atoms with Gasteiger partial charge in [0.2, 0.25) is 5.56 Å². The van der Waals surface area contributed by atoms with E-state index in [0.717, 1.165) is 50.7 Å². The monoisotopic (exact) mass is 515 g/mol.